The molecule has 0 saturated carbocycles. The van der Waals surface area contributed by atoms with E-state index in [0.29, 0.717) is 25.4 Å². The molecule has 0 spiro atoms. The summed E-state index contributed by atoms with van der Waals surface area (Å²) in [6.45, 7) is 12.2. The number of amides is 1. The fourth-order valence-electron chi connectivity index (χ4n) is 2.42. The van der Waals surface area contributed by atoms with Crippen molar-refractivity contribution in [3.05, 3.63) is 0 Å². The number of nitrogens with one attached hydrogen (secondary N) is 1. The zero-order chi connectivity index (χ0) is 15.2. The van der Waals surface area contributed by atoms with Gasteiger partial charge in [-0.25, -0.2) is 0 Å². The maximum absolute atomic E-state index is 11.9. The average molecular weight is 284 g/mol. The van der Waals surface area contributed by atoms with Gasteiger partial charge in [-0.3, -0.25) is 9.69 Å². The van der Waals surface area contributed by atoms with Crippen LogP contribution in [0.4, 0.5) is 0 Å². The zero-order valence-electron chi connectivity index (χ0n) is 13.6. The first-order chi connectivity index (χ1) is 9.35. The maximum Gasteiger partial charge on any atom is 0.220 e. The predicted octanol–water partition coefficient (Wildman–Crippen LogP) is 0.504. The molecule has 1 aliphatic heterocycles. The van der Waals surface area contributed by atoms with Crippen LogP contribution in [-0.2, 0) is 4.79 Å². The summed E-state index contributed by atoms with van der Waals surface area (Å²) in [7, 11) is 2.16. The second-order valence-electron chi connectivity index (χ2n) is 6.76. The number of rotatable bonds is 7. The Morgan fingerprint density at radius 2 is 1.90 bits per heavy atom. The highest BCUT2D eigenvalue weighted by Gasteiger charge is 2.29. The van der Waals surface area contributed by atoms with E-state index in [4.69, 9.17) is 5.73 Å². The third-order valence-corrected chi connectivity index (χ3v) is 4.34. The second-order valence-corrected chi connectivity index (χ2v) is 6.76. The Balaban J connectivity index is 2.29. The molecule has 1 fully saturated rings. The van der Waals surface area contributed by atoms with E-state index in [1.54, 1.807) is 0 Å². The summed E-state index contributed by atoms with van der Waals surface area (Å²) in [5.74, 6) is 0.568. The van der Waals surface area contributed by atoms with Crippen LogP contribution in [0, 0.1) is 5.92 Å². The third kappa shape index (κ3) is 5.77. The van der Waals surface area contributed by atoms with Gasteiger partial charge in [0.1, 0.15) is 0 Å². The first-order valence-electron chi connectivity index (χ1n) is 7.75. The van der Waals surface area contributed by atoms with Gasteiger partial charge in [-0.05, 0) is 39.8 Å². The molecule has 1 aliphatic rings. The number of hydrogen-bond donors (Lipinski definition) is 2. The third-order valence-electron chi connectivity index (χ3n) is 4.34. The molecule has 0 aliphatic carbocycles. The van der Waals surface area contributed by atoms with Crippen molar-refractivity contribution in [2.75, 3.05) is 46.3 Å². The van der Waals surface area contributed by atoms with Crippen molar-refractivity contribution < 1.29 is 4.79 Å². The highest BCUT2D eigenvalue weighted by atomic mass is 16.1. The molecular weight excluding hydrogens is 252 g/mol. The van der Waals surface area contributed by atoms with E-state index >= 15 is 0 Å². The van der Waals surface area contributed by atoms with E-state index in [2.05, 4.69) is 42.9 Å². The quantitative estimate of drug-likeness (QED) is 0.715. The fraction of sp³-hybridized carbons (Fsp3) is 0.933. The van der Waals surface area contributed by atoms with Crippen LogP contribution in [0.2, 0.25) is 0 Å². The van der Waals surface area contributed by atoms with E-state index in [-0.39, 0.29) is 11.4 Å². The molecule has 1 rings (SSSR count). The fourth-order valence-corrected chi connectivity index (χ4v) is 2.42. The molecule has 118 valence electrons. The number of carbonyl (C=O) groups is 1. The van der Waals surface area contributed by atoms with E-state index in [9.17, 15) is 4.79 Å². The lowest BCUT2D eigenvalue weighted by atomic mass is 10.0. The van der Waals surface area contributed by atoms with Crippen LogP contribution < -0.4 is 11.1 Å². The van der Waals surface area contributed by atoms with Crippen molar-refractivity contribution in [2.24, 2.45) is 11.7 Å². The van der Waals surface area contributed by atoms with Crippen LogP contribution >= 0.6 is 0 Å². The Kier molecular flexibility index (Phi) is 6.92. The Morgan fingerprint density at radius 3 is 2.45 bits per heavy atom. The summed E-state index contributed by atoms with van der Waals surface area (Å²) in [4.78, 5) is 16.7. The van der Waals surface area contributed by atoms with Crippen LogP contribution in [-0.4, -0.2) is 67.6 Å². The zero-order valence-corrected chi connectivity index (χ0v) is 13.6. The van der Waals surface area contributed by atoms with Gasteiger partial charge < -0.3 is 16.0 Å². The summed E-state index contributed by atoms with van der Waals surface area (Å²) >= 11 is 0. The Bertz CT molecular complexity index is 298. The molecule has 3 N–H and O–H groups in total. The molecule has 0 aromatic carbocycles. The molecule has 0 radical (unpaired) electrons. The van der Waals surface area contributed by atoms with Crippen molar-refractivity contribution in [1.82, 2.24) is 15.1 Å². The summed E-state index contributed by atoms with van der Waals surface area (Å²) in [5, 5.41) is 3.08. The van der Waals surface area contributed by atoms with E-state index < -0.39 is 0 Å². The molecule has 1 unspecified atom stereocenters. The lowest BCUT2D eigenvalue weighted by Crippen LogP contribution is -2.57. The first-order valence-corrected chi connectivity index (χ1v) is 7.75. The van der Waals surface area contributed by atoms with Crippen LogP contribution in [0.1, 0.15) is 33.6 Å². The second kappa shape index (κ2) is 7.96. The van der Waals surface area contributed by atoms with Crippen LogP contribution in [0.25, 0.3) is 0 Å². The summed E-state index contributed by atoms with van der Waals surface area (Å²) in [6.07, 6.45) is 1.45. The number of nitrogens with zero attached hydrogens (tertiary/aromatic N) is 2. The van der Waals surface area contributed by atoms with E-state index in [1.807, 2.05) is 0 Å². The van der Waals surface area contributed by atoms with Crippen LogP contribution in [0.15, 0.2) is 0 Å². The van der Waals surface area contributed by atoms with Gasteiger partial charge in [-0.2, -0.15) is 0 Å². The minimum Gasteiger partial charge on any atom is -0.354 e. The number of likely N-dealkylation sites (N-methyl/N-ethyl adjacent to an activating group) is 1. The predicted molar refractivity (Wildman–Crippen MR) is 83.6 cm³/mol. The van der Waals surface area contributed by atoms with E-state index in [0.717, 1.165) is 32.6 Å². The number of nitrogens with two attached hydrogens (primary N) is 1. The summed E-state index contributed by atoms with van der Waals surface area (Å²) in [6, 6.07) is 0. The summed E-state index contributed by atoms with van der Waals surface area (Å²) < 4.78 is 0. The smallest absolute Gasteiger partial charge is 0.220 e. The Morgan fingerprint density at radius 1 is 1.30 bits per heavy atom. The molecule has 0 bridgehead atoms. The van der Waals surface area contributed by atoms with E-state index in [1.165, 1.54) is 0 Å². The van der Waals surface area contributed by atoms with Crippen molar-refractivity contribution in [3.8, 4) is 0 Å². The largest absolute Gasteiger partial charge is 0.354 e. The molecular formula is C15H32N4O. The maximum atomic E-state index is 11.9. The lowest BCUT2D eigenvalue weighted by molar-refractivity contribution is -0.122. The normalized spacial score (nSPS) is 19.9. The SMILES string of the molecule is CC(CN)CCC(=O)NCC(C)(C)N1CCN(C)CC1. The van der Waals surface area contributed by atoms with Crippen LogP contribution in [0.5, 0.6) is 0 Å². The molecule has 0 aromatic heterocycles. The monoisotopic (exact) mass is 284 g/mol. The van der Waals surface area contributed by atoms with Gasteiger partial charge in [0.15, 0.2) is 0 Å². The first kappa shape index (κ1) is 17.4. The average Bonchev–Trinajstić information content (AvgIpc) is 2.43. The molecule has 5 heteroatoms. The lowest BCUT2D eigenvalue weighted by Gasteiger charge is -2.43. The minimum absolute atomic E-state index is 0.0242. The van der Waals surface area contributed by atoms with Gasteiger partial charge >= 0.3 is 0 Å². The Hall–Kier alpha value is -0.650. The number of carbonyl (C=O) groups excluding carboxylic acids is 1. The molecule has 20 heavy (non-hydrogen) atoms. The highest BCUT2D eigenvalue weighted by molar-refractivity contribution is 5.75. The van der Waals surface area contributed by atoms with Gasteiger partial charge in [0.2, 0.25) is 5.91 Å². The van der Waals surface area contributed by atoms with Gasteiger partial charge in [0.25, 0.3) is 0 Å². The van der Waals surface area contributed by atoms with Crippen LogP contribution in [0.3, 0.4) is 0 Å². The van der Waals surface area contributed by atoms with Gasteiger partial charge in [-0.1, -0.05) is 6.92 Å². The topological polar surface area (TPSA) is 61.6 Å². The molecule has 0 aromatic rings. The van der Waals surface area contributed by atoms with Crippen molar-refractivity contribution in [2.45, 2.75) is 39.2 Å². The molecule has 1 amide bonds. The molecule has 1 saturated heterocycles. The minimum atomic E-state index is 0.0242. The van der Waals surface area contributed by atoms with Crippen molar-refractivity contribution in [3.63, 3.8) is 0 Å². The summed E-state index contributed by atoms with van der Waals surface area (Å²) in [5.41, 5.74) is 5.59. The van der Waals surface area contributed by atoms with Crippen molar-refractivity contribution >= 4 is 5.91 Å². The standard InChI is InChI=1S/C15H32N4O/c1-13(11-16)5-6-14(20)17-12-15(2,3)19-9-7-18(4)8-10-19/h13H,5-12,16H2,1-4H3,(H,17,20). The van der Waals surface area contributed by atoms with Gasteiger partial charge in [0.05, 0.1) is 0 Å². The number of piperazine rings is 1. The number of hydrogen-bond acceptors (Lipinski definition) is 4. The molecule has 1 heterocycles. The molecule has 5 nitrogen and oxygen atoms in total. The Labute approximate surface area is 123 Å². The highest BCUT2D eigenvalue weighted by Crippen LogP contribution is 2.15. The van der Waals surface area contributed by atoms with Gasteiger partial charge in [0, 0.05) is 44.7 Å². The van der Waals surface area contributed by atoms with Crippen molar-refractivity contribution in [1.29, 1.82) is 0 Å². The molecule has 1 atom stereocenters. The van der Waals surface area contributed by atoms with Gasteiger partial charge in [-0.15, -0.1) is 0 Å².